The molecule has 0 saturated carbocycles. The van der Waals surface area contributed by atoms with E-state index in [1.54, 1.807) is 44.2 Å². The molecule has 0 saturated heterocycles. The van der Waals surface area contributed by atoms with Crippen LogP contribution in [0.15, 0.2) is 59.5 Å². The maximum atomic E-state index is 13.1. The van der Waals surface area contributed by atoms with Gasteiger partial charge >= 0.3 is 5.97 Å². The third kappa shape index (κ3) is 4.43. The van der Waals surface area contributed by atoms with E-state index in [4.69, 9.17) is 0 Å². The predicted octanol–water partition coefficient (Wildman–Crippen LogP) is 3.13. The van der Waals surface area contributed by atoms with Crippen molar-refractivity contribution in [3.05, 3.63) is 66.0 Å². The Morgan fingerprint density at radius 1 is 1.08 bits per heavy atom. The number of aliphatic carboxylic acids is 1. The summed E-state index contributed by atoms with van der Waals surface area (Å²) in [5, 5.41) is 9.58. The highest BCUT2D eigenvalue weighted by Gasteiger charge is 2.37. The molecule has 0 aliphatic heterocycles. The van der Waals surface area contributed by atoms with Crippen molar-refractivity contribution in [2.24, 2.45) is 5.92 Å². The second kappa shape index (κ2) is 7.76. The molecule has 134 valence electrons. The van der Waals surface area contributed by atoms with E-state index in [2.05, 4.69) is 0 Å². The fourth-order valence-electron chi connectivity index (χ4n) is 2.58. The lowest BCUT2D eigenvalue weighted by molar-refractivity contribution is -0.143. The lowest BCUT2D eigenvalue weighted by Crippen LogP contribution is -2.47. The number of hydrogen-bond acceptors (Lipinski definition) is 3. The van der Waals surface area contributed by atoms with Crippen molar-refractivity contribution in [1.82, 2.24) is 4.31 Å². The first kappa shape index (κ1) is 19.1. The van der Waals surface area contributed by atoms with Crippen molar-refractivity contribution in [2.45, 2.75) is 31.3 Å². The number of halogens is 1. The Kier molecular flexibility index (Phi) is 5.92. The van der Waals surface area contributed by atoms with Crippen LogP contribution in [0.4, 0.5) is 4.39 Å². The fourth-order valence-corrected chi connectivity index (χ4v) is 4.28. The third-order valence-electron chi connectivity index (χ3n) is 3.80. The standard InChI is InChI=1S/C18H20FNO4S/c1-13(2)17(18(21)22)20(12-14-6-4-3-5-7-14)25(23,24)16-10-8-15(19)9-11-16/h3-11,13,17H,12H2,1-2H3,(H,21,22)/t17-/m0/s1. The molecule has 0 spiro atoms. The highest BCUT2D eigenvalue weighted by molar-refractivity contribution is 7.89. The van der Waals surface area contributed by atoms with Gasteiger partial charge in [-0.25, -0.2) is 12.8 Å². The zero-order chi connectivity index (χ0) is 18.6. The van der Waals surface area contributed by atoms with E-state index in [9.17, 15) is 22.7 Å². The van der Waals surface area contributed by atoms with Crippen molar-refractivity contribution < 1.29 is 22.7 Å². The summed E-state index contributed by atoms with van der Waals surface area (Å²) in [5.74, 6) is -2.24. The van der Waals surface area contributed by atoms with Crippen LogP contribution in [0.25, 0.3) is 0 Å². The number of carboxylic acid groups (broad SMARTS) is 1. The summed E-state index contributed by atoms with van der Waals surface area (Å²) in [6.07, 6.45) is 0. The Morgan fingerprint density at radius 3 is 2.12 bits per heavy atom. The number of benzene rings is 2. The molecule has 0 radical (unpaired) electrons. The van der Waals surface area contributed by atoms with Crippen LogP contribution in [0, 0.1) is 11.7 Å². The maximum absolute atomic E-state index is 13.1. The van der Waals surface area contributed by atoms with Gasteiger partial charge in [-0.15, -0.1) is 0 Å². The highest BCUT2D eigenvalue weighted by atomic mass is 32.2. The number of carboxylic acids is 1. The van der Waals surface area contributed by atoms with E-state index in [0.29, 0.717) is 5.56 Å². The number of nitrogens with zero attached hydrogens (tertiary/aromatic N) is 1. The predicted molar refractivity (Wildman–Crippen MR) is 91.8 cm³/mol. The molecule has 7 heteroatoms. The van der Waals surface area contributed by atoms with Crippen molar-refractivity contribution in [1.29, 1.82) is 0 Å². The van der Waals surface area contributed by atoms with Crippen molar-refractivity contribution >= 4 is 16.0 Å². The molecule has 2 aromatic carbocycles. The molecule has 25 heavy (non-hydrogen) atoms. The molecule has 0 aliphatic carbocycles. The van der Waals surface area contributed by atoms with Gasteiger partial charge < -0.3 is 5.11 Å². The summed E-state index contributed by atoms with van der Waals surface area (Å²) in [6.45, 7) is 3.21. The molecule has 0 bridgehead atoms. The maximum Gasteiger partial charge on any atom is 0.322 e. The largest absolute Gasteiger partial charge is 0.480 e. The van der Waals surface area contributed by atoms with E-state index >= 15 is 0 Å². The monoisotopic (exact) mass is 365 g/mol. The first-order valence-electron chi connectivity index (χ1n) is 7.77. The van der Waals surface area contributed by atoms with E-state index in [0.717, 1.165) is 28.6 Å². The Morgan fingerprint density at radius 2 is 1.64 bits per heavy atom. The van der Waals surface area contributed by atoms with Crippen molar-refractivity contribution in [2.75, 3.05) is 0 Å². The van der Waals surface area contributed by atoms with Gasteiger partial charge in [-0.3, -0.25) is 4.79 Å². The van der Waals surface area contributed by atoms with Crippen LogP contribution in [-0.4, -0.2) is 29.8 Å². The summed E-state index contributed by atoms with van der Waals surface area (Å²) in [7, 11) is -4.12. The minimum Gasteiger partial charge on any atom is -0.480 e. The number of carbonyl (C=O) groups is 1. The molecule has 5 nitrogen and oxygen atoms in total. The van der Waals surface area contributed by atoms with Crippen LogP contribution >= 0.6 is 0 Å². The topological polar surface area (TPSA) is 74.7 Å². The van der Waals surface area contributed by atoms with Gasteiger partial charge in [-0.1, -0.05) is 44.2 Å². The molecule has 0 unspecified atom stereocenters. The van der Waals surface area contributed by atoms with Gasteiger partial charge in [0.15, 0.2) is 0 Å². The van der Waals surface area contributed by atoms with Crippen molar-refractivity contribution in [3.63, 3.8) is 0 Å². The summed E-state index contributed by atoms with van der Waals surface area (Å²) in [6, 6.07) is 11.9. The lowest BCUT2D eigenvalue weighted by Gasteiger charge is -2.30. The molecule has 1 N–H and O–H groups in total. The molecular formula is C18H20FNO4S. The van der Waals surface area contributed by atoms with Crippen LogP contribution in [0.3, 0.4) is 0 Å². The van der Waals surface area contributed by atoms with Gasteiger partial charge in [0.1, 0.15) is 11.9 Å². The van der Waals surface area contributed by atoms with Crippen LogP contribution < -0.4 is 0 Å². The molecule has 0 heterocycles. The zero-order valence-corrected chi connectivity index (χ0v) is 14.8. The lowest BCUT2D eigenvalue weighted by atomic mass is 10.0. The molecule has 2 aromatic rings. The summed E-state index contributed by atoms with van der Waals surface area (Å²) in [5.41, 5.74) is 0.667. The Labute approximate surface area is 146 Å². The normalized spacial score (nSPS) is 13.2. The van der Waals surface area contributed by atoms with E-state index < -0.39 is 33.8 Å². The van der Waals surface area contributed by atoms with Crippen LogP contribution in [0.5, 0.6) is 0 Å². The van der Waals surface area contributed by atoms with Crippen LogP contribution in [0.1, 0.15) is 19.4 Å². The molecular weight excluding hydrogens is 345 g/mol. The Hall–Kier alpha value is -2.25. The Bertz CT molecular complexity index is 820. The Balaban J connectivity index is 2.52. The first-order chi connectivity index (χ1) is 11.7. The molecule has 0 aromatic heterocycles. The highest BCUT2D eigenvalue weighted by Crippen LogP contribution is 2.25. The number of sulfonamides is 1. The minimum absolute atomic E-state index is 0.0876. The number of rotatable bonds is 7. The van der Waals surface area contributed by atoms with E-state index in [1.807, 2.05) is 0 Å². The SMILES string of the molecule is CC(C)[C@@H](C(=O)O)N(Cc1ccccc1)S(=O)(=O)c1ccc(F)cc1. The van der Waals surface area contributed by atoms with Crippen molar-refractivity contribution in [3.8, 4) is 0 Å². The van der Waals surface area contributed by atoms with Gasteiger partial charge in [-0.2, -0.15) is 4.31 Å². The summed E-state index contributed by atoms with van der Waals surface area (Å²) < 4.78 is 40.2. The quantitative estimate of drug-likeness (QED) is 0.818. The van der Waals surface area contributed by atoms with Gasteiger partial charge in [0, 0.05) is 6.54 Å². The second-order valence-electron chi connectivity index (χ2n) is 6.02. The zero-order valence-electron chi connectivity index (χ0n) is 14.0. The van der Waals surface area contributed by atoms with Gasteiger partial charge in [0.2, 0.25) is 10.0 Å². The first-order valence-corrected chi connectivity index (χ1v) is 9.21. The van der Waals surface area contributed by atoms with Gasteiger partial charge in [-0.05, 0) is 35.7 Å². The smallest absolute Gasteiger partial charge is 0.322 e. The molecule has 2 rings (SSSR count). The van der Waals surface area contributed by atoms with E-state index in [1.165, 1.54) is 0 Å². The van der Waals surface area contributed by atoms with Gasteiger partial charge in [0.25, 0.3) is 0 Å². The summed E-state index contributed by atoms with van der Waals surface area (Å²) in [4.78, 5) is 11.6. The second-order valence-corrected chi connectivity index (χ2v) is 7.91. The number of hydrogen-bond donors (Lipinski definition) is 1. The van der Waals surface area contributed by atoms with E-state index in [-0.39, 0.29) is 11.4 Å². The van der Waals surface area contributed by atoms with Crippen LogP contribution in [-0.2, 0) is 21.4 Å². The average Bonchev–Trinajstić information content (AvgIpc) is 2.55. The fraction of sp³-hybridized carbons (Fsp3) is 0.278. The molecule has 0 fully saturated rings. The minimum atomic E-state index is -4.12. The van der Waals surface area contributed by atoms with Crippen LogP contribution in [0.2, 0.25) is 0 Å². The molecule has 0 aliphatic rings. The summed E-state index contributed by atoms with van der Waals surface area (Å²) >= 11 is 0. The van der Waals surface area contributed by atoms with Gasteiger partial charge in [0.05, 0.1) is 4.90 Å². The molecule has 0 amide bonds. The third-order valence-corrected chi connectivity index (χ3v) is 5.64. The average molecular weight is 365 g/mol. The molecule has 1 atom stereocenters.